The predicted molar refractivity (Wildman–Crippen MR) is 119 cm³/mol. The van der Waals surface area contributed by atoms with E-state index < -0.39 is 0 Å². The molecule has 144 valence electrons. The van der Waals surface area contributed by atoms with E-state index in [1.54, 1.807) is 34.3 Å². The van der Waals surface area contributed by atoms with Crippen molar-refractivity contribution < 1.29 is 9.59 Å². The number of likely N-dealkylation sites (N-methyl/N-ethyl adjacent to an activating group) is 1. The van der Waals surface area contributed by atoms with Gasteiger partial charge in [0.05, 0.1) is 21.7 Å². The molecule has 0 aliphatic carbocycles. The van der Waals surface area contributed by atoms with Crippen LogP contribution in [0.3, 0.4) is 0 Å². The minimum Gasteiger partial charge on any atom is -0.337 e. The van der Waals surface area contributed by atoms with Gasteiger partial charge in [-0.1, -0.05) is 18.2 Å². The molecular weight excluding hydrogens is 458 g/mol. The SMILES string of the molecule is CC(=O)N(c1ccccc1)c1nc(/C=C/C(=O)N(C)Cc2ccc(Br)s2)cs1. The van der Waals surface area contributed by atoms with Crippen LogP contribution in [0.4, 0.5) is 10.8 Å². The molecule has 1 aromatic carbocycles. The van der Waals surface area contributed by atoms with E-state index in [-0.39, 0.29) is 11.8 Å². The normalized spacial score (nSPS) is 11.0. The average molecular weight is 476 g/mol. The van der Waals surface area contributed by atoms with Gasteiger partial charge in [0.1, 0.15) is 0 Å². The van der Waals surface area contributed by atoms with Gasteiger partial charge in [-0.25, -0.2) is 4.98 Å². The molecule has 0 aliphatic heterocycles. The van der Waals surface area contributed by atoms with Gasteiger partial charge < -0.3 is 4.90 Å². The number of para-hydroxylation sites is 1. The lowest BCUT2D eigenvalue weighted by molar-refractivity contribution is -0.125. The molecule has 2 heterocycles. The number of anilines is 2. The first kappa shape index (κ1) is 20.4. The maximum Gasteiger partial charge on any atom is 0.246 e. The largest absolute Gasteiger partial charge is 0.337 e. The van der Waals surface area contributed by atoms with Gasteiger partial charge >= 0.3 is 0 Å². The van der Waals surface area contributed by atoms with Gasteiger partial charge in [-0.05, 0) is 46.3 Å². The fourth-order valence-electron chi connectivity index (χ4n) is 2.49. The van der Waals surface area contributed by atoms with Crippen molar-refractivity contribution >= 4 is 67.3 Å². The molecule has 2 aromatic heterocycles. The van der Waals surface area contributed by atoms with Crippen molar-refractivity contribution in [3.8, 4) is 0 Å². The zero-order valence-corrected chi connectivity index (χ0v) is 18.6. The lowest BCUT2D eigenvalue weighted by atomic mass is 10.3. The number of amides is 2. The predicted octanol–water partition coefficient (Wildman–Crippen LogP) is 5.32. The van der Waals surface area contributed by atoms with Crippen molar-refractivity contribution in [3.63, 3.8) is 0 Å². The second kappa shape index (κ2) is 9.27. The summed E-state index contributed by atoms with van der Waals surface area (Å²) >= 11 is 6.39. The van der Waals surface area contributed by atoms with Crippen molar-refractivity contribution in [2.24, 2.45) is 0 Å². The molecule has 0 atom stereocenters. The van der Waals surface area contributed by atoms with E-state index in [9.17, 15) is 9.59 Å². The molecular formula is C20H18BrN3O2S2. The molecule has 0 spiro atoms. The lowest BCUT2D eigenvalue weighted by Gasteiger charge is -2.17. The number of carbonyl (C=O) groups excluding carboxylic acids is 2. The number of benzene rings is 1. The summed E-state index contributed by atoms with van der Waals surface area (Å²) in [4.78, 5) is 33.2. The van der Waals surface area contributed by atoms with Crippen LogP contribution < -0.4 is 4.90 Å². The van der Waals surface area contributed by atoms with Crippen molar-refractivity contribution in [2.45, 2.75) is 13.5 Å². The van der Waals surface area contributed by atoms with E-state index >= 15 is 0 Å². The van der Waals surface area contributed by atoms with E-state index in [2.05, 4.69) is 20.9 Å². The maximum absolute atomic E-state index is 12.3. The summed E-state index contributed by atoms with van der Waals surface area (Å²) in [7, 11) is 1.76. The number of rotatable bonds is 6. The summed E-state index contributed by atoms with van der Waals surface area (Å²) < 4.78 is 1.04. The summed E-state index contributed by atoms with van der Waals surface area (Å²) in [6.45, 7) is 2.05. The van der Waals surface area contributed by atoms with Crippen LogP contribution in [0.15, 0.2) is 57.7 Å². The van der Waals surface area contributed by atoms with Crippen LogP contribution in [0.1, 0.15) is 17.5 Å². The summed E-state index contributed by atoms with van der Waals surface area (Å²) in [5.41, 5.74) is 1.40. The van der Waals surface area contributed by atoms with Crippen LogP contribution >= 0.6 is 38.6 Å². The Morgan fingerprint density at radius 3 is 2.57 bits per heavy atom. The van der Waals surface area contributed by atoms with Crippen LogP contribution in [0, 0.1) is 0 Å². The third kappa shape index (κ3) is 5.15. The highest BCUT2D eigenvalue weighted by molar-refractivity contribution is 9.11. The Hall–Kier alpha value is -2.29. The summed E-state index contributed by atoms with van der Waals surface area (Å²) in [6, 6.07) is 13.3. The number of thiazole rings is 1. The number of thiophene rings is 1. The number of carbonyl (C=O) groups is 2. The van der Waals surface area contributed by atoms with Crippen LogP contribution in [-0.2, 0) is 16.1 Å². The van der Waals surface area contributed by atoms with E-state index in [0.29, 0.717) is 17.4 Å². The first-order chi connectivity index (χ1) is 13.4. The minimum absolute atomic E-state index is 0.106. The van der Waals surface area contributed by atoms with Gasteiger partial charge in [0.25, 0.3) is 0 Å². The van der Waals surface area contributed by atoms with Crippen LogP contribution in [-0.4, -0.2) is 28.7 Å². The molecule has 0 bridgehead atoms. The van der Waals surface area contributed by atoms with Gasteiger partial charge in [-0.15, -0.1) is 22.7 Å². The van der Waals surface area contributed by atoms with Crippen molar-refractivity contribution in [2.75, 3.05) is 11.9 Å². The molecule has 8 heteroatoms. The van der Waals surface area contributed by atoms with Gasteiger partial charge in [0.2, 0.25) is 11.8 Å². The number of hydrogen-bond acceptors (Lipinski definition) is 5. The number of hydrogen-bond donors (Lipinski definition) is 0. The standard InChI is InChI=1S/C20H18BrN3O2S2/c1-14(25)24(16-6-4-3-5-7-16)20-22-15(13-27-20)8-11-19(26)23(2)12-17-9-10-18(21)28-17/h3-11,13H,12H2,1-2H3/b11-8+. The molecule has 3 aromatic rings. The first-order valence-corrected chi connectivity index (χ1v) is 10.9. The van der Waals surface area contributed by atoms with Crippen molar-refractivity contribution in [1.82, 2.24) is 9.88 Å². The lowest BCUT2D eigenvalue weighted by Crippen LogP contribution is -2.23. The van der Waals surface area contributed by atoms with E-state index in [1.165, 1.54) is 24.3 Å². The zero-order valence-electron chi connectivity index (χ0n) is 15.3. The van der Waals surface area contributed by atoms with E-state index in [1.807, 2.05) is 47.8 Å². The number of aromatic nitrogens is 1. The Morgan fingerprint density at radius 2 is 1.93 bits per heavy atom. The van der Waals surface area contributed by atoms with Gasteiger partial charge in [-0.2, -0.15) is 0 Å². The van der Waals surface area contributed by atoms with Gasteiger partial charge in [-0.3, -0.25) is 14.5 Å². The molecule has 0 saturated carbocycles. The van der Waals surface area contributed by atoms with Crippen molar-refractivity contribution in [1.29, 1.82) is 0 Å². The Labute approximate surface area is 180 Å². The van der Waals surface area contributed by atoms with Crippen molar-refractivity contribution in [3.05, 3.63) is 68.3 Å². The molecule has 0 radical (unpaired) electrons. The third-order valence-corrected chi connectivity index (χ3v) is 6.28. The second-order valence-electron chi connectivity index (χ2n) is 5.98. The van der Waals surface area contributed by atoms with Gasteiger partial charge in [0, 0.05) is 30.3 Å². The molecule has 3 rings (SSSR count). The number of halogens is 1. The molecule has 0 aliphatic rings. The quantitative estimate of drug-likeness (QED) is 0.453. The molecule has 0 saturated heterocycles. The second-order valence-corrected chi connectivity index (χ2v) is 9.36. The highest BCUT2D eigenvalue weighted by Gasteiger charge is 2.17. The molecule has 28 heavy (non-hydrogen) atoms. The van der Waals surface area contributed by atoms with Crippen LogP contribution in [0.2, 0.25) is 0 Å². The molecule has 2 amide bonds. The molecule has 0 unspecified atom stereocenters. The first-order valence-electron chi connectivity index (χ1n) is 8.42. The average Bonchev–Trinajstić information content (AvgIpc) is 3.29. The smallest absolute Gasteiger partial charge is 0.246 e. The Bertz CT molecular complexity index is 998. The summed E-state index contributed by atoms with van der Waals surface area (Å²) in [5.74, 6) is -0.223. The van der Waals surface area contributed by atoms with E-state index in [0.717, 1.165) is 14.4 Å². The Morgan fingerprint density at radius 1 is 1.18 bits per heavy atom. The summed E-state index contributed by atoms with van der Waals surface area (Å²) in [5, 5.41) is 2.40. The highest BCUT2D eigenvalue weighted by Crippen LogP contribution is 2.29. The maximum atomic E-state index is 12.3. The van der Waals surface area contributed by atoms with E-state index in [4.69, 9.17) is 0 Å². The van der Waals surface area contributed by atoms with Crippen LogP contribution in [0.5, 0.6) is 0 Å². The highest BCUT2D eigenvalue weighted by atomic mass is 79.9. The monoisotopic (exact) mass is 475 g/mol. The molecule has 0 N–H and O–H groups in total. The topological polar surface area (TPSA) is 53.5 Å². The van der Waals surface area contributed by atoms with Gasteiger partial charge in [0.15, 0.2) is 5.13 Å². The Balaban J connectivity index is 1.69. The third-order valence-electron chi connectivity index (χ3n) is 3.83. The Kier molecular flexibility index (Phi) is 6.77. The minimum atomic E-state index is -0.117. The molecule has 5 nitrogen and oxygen atoms in total. The zero-order chi connectivity index (χ0) is 20.1. The number of nitrogens with zero attached hydrogens (tertiary/aromatic N) is 3. The van der Waals surface area contributed by atoms with Crippen LogP contribution in [0.25, 0.3) is 6.08 Å². The molecule has 0 fully saturated rings. The fraction of sp³-hybridized carbons (Fsp3) is 0.150. The fourth-order valence-corrected chi connectivity index (χ4v) is 4.88. The summed E-state index contributed by atoms with van der Waals surface area (Å²) in [6.07, 6.45) is 3.18.